The van der Waals surface area contributed by atoms with E-state index in [9.17, 15) is 5.11 Å². The Labute approximate surface area is 104 Å². The van der Waals surface area contributed by atoms with Crippen LogP contribution in [0, 0.1) is 5.92 Å². The highest BCUT2D eigenvalue weighted by atomic mass is 35.5. The van der Waals surface area contributed by atoms with E-state index in [0.29, 0.717) is 5.82 Å². The minimum absolute atomic E-state index is 0.0207. The Hall–Kier alpha value is -1.53. The lowest BCUT2D eigenvalue weighted by Gasteiger charge is -2.20. The summed E-state index contributed by atoms with van der Waals surface area (Å²) in [7, 11) is 0. The highest BCUT2D eigenvalue weighted by Crippen LogP contribution is 2.28. The molecule has 0 amide bonds. The Balaban J connectivity index is 2.21. The number of nitrogens with zero attached hydrogens (tertiary/aromatic N) is 2. The summed E-state index contributed by atoms with van der Waals surface area (Å²) in [5, 5.41) is 12.4. The van der Waals surface area contributed by atoms with Crippen LogP contribution in [0.3, 0.4) is 0 Å². The summed E-state index contributed by atoms with van der Waals surface area (Å²) in [4.78, 5) is 7.74. The highest BCUT2D eigenvalue weighted by Gasteiger charge is 2.23. The molecule has 0 spiro atoms. The largest absolute Gasteiger partial charge is 0.396 e. The van der Waals surface area contributed by atoms with Crippen molar-refractivity contribution < 1.29 is 5.11 Å². The molecule has 0 aliphatic heterocycles. The molecule has 1 heterocycles. The third-order valence-electron chi connectivity index (χ3n) is 2.74. The van der Waals surface area contributed by atoms with Crippen molar-refractivity contribution in [3.05, 3.63) is 17.3 Å². The molecule has 0 bridgehead atoms. The summed E-state index contributed by atoms with van der Waals surface area (Å²) in [6.45, 7) is 0.0961. The van der Waals surface area contributed by atoms with E-state index in [1.165, 1.54) is 0 Å². The first-order valence-corrected chi connectivity index (χ1v) is 5.62. The van der Waals surface area contributed by atoms with E-state index < -0.39 is 0 Å². The Bertz CT molecular complexity index is 451. The van der Waals surface area contributed by atoms with Crippen molar-refractivity contribution in [3.63, 3.8) is 0 Å². The summed E-state index contributed by atoms with van der Waals surface area (Å²) in [5.74, 6) is 0.580. The number of aromatic nitrogens is 2. The van der Waals surface area contributed by atoms with Crippen LogP contribution in [0.4, 0.5) is 17.5 Å². The molecular formula is C10H14ClN5O. The first-order valence-electron chi connectivity index (χ1n) is 5.24. The normalized spacial score (nSPS) is 22.9. The maximum Gasteiger partial charge on any atom is 0.223 e. The molecule has 1 aliphatic rings. The molecule has 17 heavy (non-hydrogen) atoms. The third-order valence-corrected chi connectivity index (χ3v) is 3.03. The van der Waals surface area contributed by atoms with Crippen LogP contribution in [-0.4, -0.2) is 27.7 Å². The summed E-state index contributed by atoms with van der Waals surface area (Å²) in [5.41, 5.74) is 11.5. The number of aliphatic hydroxyl groups is 1. The van der Waals surface area contributed by atoms with Crippen molar-refractivity contribution in [2.45, 2.75) is 12.5 Å². The zero-order chi connectivity index (χ0) is 12.4. The average molecular weight is 256 g/mol. The molecule has 2 atom stereocenters. The zero-order valence-corrected chi connectivity index (χ0v) is 9.85. The molecule has 1 aliphatic carbocycles. The quantitative estimate of drug-likeness (QED) is 0.466. The first-order chi connectivity index (χ1) is 8.11. The minimum Gasteiger partial charge on any atom is -0.396 e. The number of allylic oxidation sites excluding steroid dienone is 1. The molecule has 6 N–H and O–H groups in total. The van der Waals surface area contributed by atoms with Gasteiger partial charge in [0.05, 0.1) is 6.04 Å². The van der Waals surface area contributed by atoms with Gasteiger partial charge in [0.15, 0.2) is 11.0 Å². The number of hydrogen-bond acceptors (Lipinski definition) is 6. The van der Waals surface area contributed by atoms with Gasteiger partial charge >= 0.3 is 0 Å². The van der Waals surface area contributed by atoms with E-state index in [1.54, 1.807) is 0 Å². The molecule has 0 radical (unpaired) electrons. The highest BCUT2D eigenvalue weighted by molar-refractivity contribution is 6.32. The van der Waals surface area contributed by atoms with Crippen LogP contribution in [-0.2, 0) is 0 Å². The Morgan fingerprint density at radius 2 is 2.24 bits per heavy atom. The van der Waals surface area contributed by atoms with Crippen molar-refractivity contribution in [3.8, 4) is 0 Å². The van der Waals surface area contributed by atoms with Gasteiger partial charge in [0, 0.05) is 12.5 Å². The fourth-order valence-corrected chi connectivity index (χ4v) is 1.96. The lowest BCUT2D eigenvalue weighted by atomic mass is 10.0. The van der Waals surface area contributed by atoms with E-state index in [2.05, 4.69) is 15.3 Å². The lowest BCUT2D eigenvalue weighted by Crippen LogP contribution is -2.27. The van der Waals surface area contributed by atoms with Gasteiger partial charge in [-0.25, -0.2) is 0 Å². The maximum atomic E-state index is 9.20. The van der Waals surface area contributed by atoms with E-state index in [4.69, 9.17) is 23.1 Å². The van der Waals surface area contributed by atoms with E-state index in [-0.39, 0.29) is 35.4 Å². The predicted octanol–water partition coefficient (Wildman–Crippen LogP) is 0.643. The second kappa shape index (κ2) is 4.77. The van der Waals surface area contributed by atoms with E-state index in [0.717, 1.165) is 6.42 Å². The molecule has 92 valence electrons. The zero-order valence-electron chi connectivity index (χ0n) is 9.10. The lowest BCUT2D eigenvalue weighted by molar-refractivity contribution is 0.227. The molecule has 0 fully saturated rings. The number of anilines is 3. The molecule has 7 heteroatoms. The SMILES string of the molecule is Nc1nc(Cl)c(N)c(N[C@H]2C=CC[C@H]2CO)n1. The third kappa shape index (κ3) is 2.42. The number of nitrogens with one attached hydrogen (secondary N) is 1. The van der Waals surface area contributed by atoms with Crippen LogP contribution < -0.4 is 16.8 Å². The monoisotopic (exact) mass is 255 g/mol. The van der Waals surface area contributed by atoms with Crippen molar-refractivity contribution >= 4 is 29.1 Å². The van der Waals surface area contributed by atoms with Crippen molar-refractivity contribution in [2.24, 2.45) is 5.92 Å². The second-order valence-electron chi connectivity index (χ2n) is 3.91. The first kappa shape index (κ1) is 11.9. The van der Waals surface area contributed by atoms with Gasteiger partial charge in [0.25, 0.3) is 0 Å². The topological polar surface area (TPSA) is 110 Å². The number of halogens is 1. The smallest absolute Gasteiger partial charge is 0.223 e. The van der Waals surface area contributed by atoms with Crippen LogP contribution in [0.2, 0.25) is 5.15 Å². The van der Waals surface area contributed by atoms with Gasteiger partial charge < -0.3 is 21.9 Å². The van der Waals surface area contributed by atoms with Crippen LogP contribution >= 0.6 is 11.6 Å². The molecule has 0 saturated heterocycles. The number of hydrogen-bond donors (Lipinski definition) is 4. The van der Waals surface area contributed by atoms with E-state index in [1.807, 2.05) is 12.2 Å². The molecule has 1 aromatic heterocycles. The van der Waals surface area contributed by atoms with Gasteiger partial charge in [0.1, 0.15) is 5.69 Å². The van der Waals surface area contributed by atoms with Crippen LogP contribution in [0.25, 0.3) is 0 Å². The van der Waals surface area contributed by atoms with Crippen LogP contribution in [0.15, 0.2) is 12.2 Å². The second-order valence-corrected chi connectivity index (χ2v) is 4.27. The summed E-state index contributed by atoms with van der Waals surface area (Å²) in [6, 6.07) is -0.0207. The van der Waals surface area contributed by atoms with Crippen molar-refractivity contribution in [2.75, 3.05) is 23.4 Å². The molecule has 2 rings (SSSR count). The van der Waals surface area contributed by atoms with Gasteiger partial charge in [0.2, 0.25) is 5.95 Å². The number of nitrogens with two attached hydrogens (primary N) is 2. The van der Waals surface area contributed by atoms with Crippen LogP contribution in [0.1, 0.15) is 6.42 Å². The number of nitrogen functional groups attached to an aromatic ring is 2. The summed E-state index contributed by atoms with van der Waals surface area (Å²) < 4.78 is 0. The minimum atomic E-state index is -0.0207. The molecule has 0 saturated carbocycles. The standard InChI is InChI=1S/C10H14ClN5O/c11-8-7(12)9(16-10(13)15-8)14-6-3-1-2-5(6)4-17/h1,3,5-6,17H,2,4,12H2,(H3,13,14,15,16)/t5-,6-/m0/s1. The maximum absolute atomic E-state index is 9.20. The average Bonchev–Trinajstić information content (AvgIpc) is 2.72. The van der Waals surface area contributed by atoms with Gasteiger partial charge in [-0.1, -0.05) is 23.8 Å². The Morgan fingerprint density at radius 1 is 1.47 bits per heavy atom. The van der Waals surface area contributed by atoms with Gasteiger partial charge in [-0.2, -0.15) is 9.97 Å². The molecule has 0 aromatic carbocycles. The van der Waals surface area contributed by atoms with Crippen molar-refractivity contribution in [1.29, 1.82) is 0 Å². The van der Waals surface area contributed by atoms with Gasteiger partial charge in [-0.3, -0.25) is 0 Å². The Morgan fingerprint density at radius 3 is 2.94 bits per heavy atom. The number of aliphatic hydroxyl groups excluding tert-OH is 1. The Kier molecular flexibility index (Phi) is 3.35. The molecular weight excluding hydrogens is 242 g/mol. The summed E-state index contributed by atoms with van der Waals surface area (Å²) >= 11 is 5.81. The molecule has 6 nitrogen and oxygen atoms in total. The van der Waals surface area contributed by atoms with Crippen molar-refractivity contribution in [1.82, 2.24) is 9.97 Å². The fourth-order valence-electron chi connectivity index (χ4n) is 1.78. The predicted molar refractivity (Wildman–Crippen MR) is 67.6 cm³/mol. The number of rotatable bonds is 3. The van der Waals surface area contributed by atoms with Gasteiger partial charge in [-0.05, 0) is 6.42 Å². The van der Waals surface area contributed by atoms with E-state index >= 15 is 0 Å². The van der Waals surface area contributed by atoms with Crippen LogP contribution in [0.5, 0.6) is 0 Å². The van der Waals surface area contributed by atoms with Gasteiger partial charge in [-0.15, -0.1) is 0 Å². The molecule has 1 aromatic rings. The summed E-state index contributed by atoms with van der Waals surface area (Å²) in [6.07, 6.45) is 4.79. The fraction of sp³-hybridized carbons (Fsp3) is 0.400. The molecule has 0 unspecified atom stereocenters.